The molecular formula is C16H28N2O3. The van der Waals surface area contributed by atoms with E-state index in [-0.39, 0.29) is 12.1 Å². The first-order valence-electron chi connectivity index (χ1n) is 8.24. The Morgan fingerprint density at radius 1 is 1.29 bits per heavy atom. The number of rotatable bonds is 3. The second-order valence-corrected chi connectivity index (χ2v) is 6.77. The standard InChI is InChI=1S/C16H28N2O3/c1-4-16(14(19)20)9-6-10-18(16)15(21)17-13-8-5-7-11(2)12(13)3/h11-13H,4-10H2,1-3H3,(H,17,21)(H,19,20). The maximum atomic E-state index is 12.6. The van der Waals surface area contributed by atoms with Gasteiger partial charge in [-0.05, 0) is 37.5 Å². The van der Waals surface area contributed by atoms with Crippen LogP contribution in [0.5, 0.6) is 0 Å². The minimum Gasteiger partial charge on any atom is -0.479 e. The van der Waals surface area contributed by atoms with Crippen molar-refractivity contribution < 1.29 is 14.7 Å². The third-order valence-corrected chi connectivity index (χ3v) is 5.73. The molecule has 0 bridgehead atoms. The highest BCUT2D eigenvalue weighted by atomic mass is 16.4. The molecule has 1 aliphatic carbocycles. The molecule has 1 aliphatic heterocycles. The lowest BCUT2D eigenvalue weighted by Crippen LogP contribution is -2.58. The number of urea groups is 1. The summed E-state index contributed by atoms with van der Waals surface area (Å²) < 4.78 is 0. The zero-order chi connectivity index (χ0) is 15.6. The molecule has 5 heteroatoms. The van der Waals surface area contributed by atoms with Crippen LogP contribution in [0.3, 0.4) is 0 Å². The second-order valence-electron chi connectivity index (χ2n) is 6.77. The summed E-state index contributed by atoms with van der Waals surface area (Å²) in [7, 11) is 0. The van der Waals surface area contributed by atoms with E-state index in [1.807, 2.05) is 6.92 Å². The minimum atomic E-state index is -1.01. The Balaban J connectivity index is 2.07. The Morgan fingerprint density at radius 3 is 2.62 bits per heavy atom. The van der Waals surface area contributed by atoms with E-state index in [2.05, 4.69) is 19.2 Å². The molecule has 4 atom stereocenters. The van der Waals surface area contributed by atoms with Crippen molar-refractivity contribution in [2.24, 2.45) is 11.8 Å². The zero-order valence-corrected chi connectivity index (χ0v) is 13.4. The lowest BCUT2D eigenvalue weighted by atomic mass is 9.78. The molecule has 2 rings (SSSR count). The largest absolute Gasteiger partial charge is 0.479 e. The lowest BCUT2D eigenvalue weighted by molar-refractivity contribution is -0.148. The van der Waals surface area contributed by atoms with Gasteiger partial charge in [0.25, 0.3) is 0 Å². The number of carboxylic acid groups (broad SMARTS) is 1. The van der Waals surface area contributed by atoms with Gasteiger partial charge in [0.15, 0.2) is 0 Å². The molecule has 1 saturated heterocycles. The van der Waals surface area contributed by atoms with Gasteiger partial charge in [0.1, 0.15) is 5.54 Å². The van der Waals surface area contributed by atoms with Crippen LogP contribution >= 0.6 is 0 Å². The van der Waals surface area contributed by atoms with Gasteiger partial charge in [0, 0.05) is 12.6 Å². The van der Waals surface area contributed by atoms with Gasteiger partial charge in [-0.2, -0.15) is 0 Å². The molecule has 4 unspecified atom stereocenters. The molecule has 5 nitrogen and oxygen atoms in total. The molecule has 2 N–H and O–H groups in total. The van der Waals surface area contributed by atoms with Gasteiger partial charge in [-0.15, -0.1) is 0 Å². The molecule has 0 spiro atoms. The van der Waals surface area contributed by atoms with E-state index in [0.29, 0.717) is 31.2 Å². The number of likely N-dealkylation sites (tertiary alicyclic amines) is 1. The monoisotopic (exact) mass is 296 g/mol. The number of carboxylic acids is 1. The Labute approximate surface area is 127 Å². The first-order chi connectivity index (χ1) is 9.92. The molecule has 120 valence electrons. The van der Waals surface area contributed by atoms with Crippen LogP contribution in [0.2, 0.25) is 0 Å². The molecule has 0 aromatic carbocycles. The fourth-order valence-electron chi connectivity index (χ4n) is 3.94. The molecular weight excluding hydrogens is 268 g/mol. The average molecular weight is 296 g/mol. The summed E-state index contributed by atoms with van der Waals surface area (Å²) in [4.78, 5) is 25.8. The van der Waals surface area contributed by atoms with Crippen LogP contribution < -0.4 is 5.32 Å². The zero-order valence-electron chi connectivity index (χ0n) is 13.4. The number of aliphatic carboxylic acids is 1. The Bertz CT molecular complexity index is 412. The molecule has 21 heavy (non-hydrogen) atoms. The van der Waals surface area contributed by atoms with E-state index >= 15 is 0 Å². The summed E-state index contributed by atoms with van der Waals surface area (Å²) in [5.74, 6) is 0.187. The lowest BCUT2D eigenvalue weighted by Gasteiger charge is -2.38. The van der Waals surface area contributed by atoms with Gasteiger partial charge in [0.05, 0.1) is 0 Å². The molecule has 0 radical (unpaired) electrons. The van der Waals surface area contributed by atoms with Gasteiger partial charge in [-0.1, -0.05) is 33.6 Å². The average Bonchev–Trinajstić information content (AvgIpc) is 2.89. The molecule has 2 aliphatic rings. The predicted octanol–water partition coefficient (Wildman–Crippen LogP) is 2.85. The topological polar surface area (TPSA) is 69.6 Å². The normalized spacial score (nSPS) is 36.5. The van der Waals surface area contributed by atoms with Crippen molar-refractivity contribution in [3.63, 3.8) is 0 Å². The summed E-state index contributed by atoms with van der Waals surface area (Å²) in [5, 5.41) is 12.7. The summed E-state index contributed by atoms with van der Waals surface area (Å²) in [6.45, 7) is 6.81. The molecule has 0 aromatic heterocycles. The third-order valence-electron chi connectivity index (χ3n) is 5.73. The van der Waals surface area contributed by atoms with Crippen LogP contribution in [-0.4, -0.2) is 40.1 Å². The summed E-state index contributed by atoms with van der Waals surface area (Å²) in [6.07, 6.45) is 5.14. The van der Waals surface area contributed by atoms with Gasteiger partial charge in [0.2, 0.25) is 0 Å². The molecule has 2 amide bonds. The SMILES string of the molecule is CCC1(C(=O)O)CCCN1C(=O)NC1CCCC(C)C1C. The predicted molar refractivity (Wildman–Crippen MR) is 81.1 cm³/mol. The van der Waals surface area contributed by atoms with Crippen molar-refractivity contribution >= 4 is 12.0 Å². The van der Waals surface area contributed by atoms with E-state index < -0.39 is 11.5 Å². The van der Waals surface area contributed by atoms with Crippen molar-refractivity contribution in [1.29, 1.82) is 0 Å². The van der Waals surface area contributed by atoms with Crippen molar-refractivity contribution in [1.82, 2.24) is 10.2 Å². The van der Waals surface area contributed by atoms with Crippen LogP contribution in [0.1, 0.15) is 59.3 Å². The molecule has 1 heterocycles. The Kier molecular flexibility index (Phi) is 4.79. The summed E-state index contributed by atoms with van der Waals surface area (Å²) in [5.41, 5.74) is -1.01. The second kappa shape index (κ2) is 6.24. The third kappa shape index (κ3) is 2.87. The van der Waals surface area contributed by atoms with Crippen molar-refractivity contribution in [2.75, 3.05) is 6.54 Å². The van der Waals surface area contributed by atoms with Crippen molar-refractivity contribution in [2.45, 2.75) is 70.9 Å². The molecule has 2 fully saturated rings. The van der Waals surface area contributed by atoms with Crippen LogP contribution in [0, 0.1) is 11.8 Å². The number of carbonyl (C=O) groups is 2. The minimum absolute atomic E-state index is 0.171. The quantitative estimate of drug-likeness (QED) is 0.841. The summed E-state index contributed by atoms with van der Waals surface area (Å²) in [6, 6.07) is -0.0205. The van der Waals surface area contributed by atoms with Gasteiger partial charge < -0.3 is 15.3 Å². The van der Waals surface area contributed by atoms with E-state index in [1.54, 1.807) is 4.90 Å². The summed E-state index contributed by atoms with van der Waals surface area (Å²) >= 11 is 0. The van der Waals surface area contributed by atoms with Crippen LogP contribution in [-0.2, 0) is 4.79 Å². The molecule has 0 aromatic rings. The first-order valence-corrected chi connectivity index (χ1v) is 8.24. The van der Waals surface area contributed by atoms with Gasteiger partial charge >= 0.3 is 12.0 Å². The Morgan fingerprint density at radius 2 is 2.00 bits per heavy atom. The number of hydrogen-bond acceptors (Lipinski definition) is 2. The van der Waals surface area contributed by atoms with Crippen LogP contribution in [0.25, 0.3) is 0 Å². The fraction of sp³-hybridized carbons (Fsp3) is 0.875. The van der Waals surface area contributed by atoms with E-state index in [0.717, 1.165) is 19.3 Å². The number of hydrogen-bond donors (Lipinski definition) is 2. The number of carbonyl (C=O) groups excluding carboxylic acids is 1. The molecule has 1 saturated carbocycles. The highest BCUT2D eigenvalue weighted by molar-refractivity contribution is 5.87. The fourth-order valence-corrected chi connectivity index (χ4v) is 3.94. The highest BCUT2D eigenvalue weighted by Crippen LogP contribution is 2.34. The van der Waals surface area contributed by atoms with Gasteiger partial charge in [-0.25, -0.2) is 9.59 Å². The van der Waals surface area contributed by atoms with Crippen LogP contribution in [0.4, 0.5) is 4.79 Å². The van der Waals surface area contributed by atoms with E-state index in [1.165, 1.54) is 6.42 Å². The van der Waals surface area contributed by atoms with E-state index in [4.69, 9.17) is 0 Å². The number of nitrogens with zero attached hydrogens (tertiary/aromatic N) is 1. The smallest absolute Gasteiger partial charge is 0.329 e. The van der Waals surface area contributed by atoms with Gasteiger partial charge in [-0.3, -0.25) is 0 Å². The highest BCUT2D eigenvalue weighted by Gasteiger charge is 2.49. The first kappa shape index (κ1) is 16.1. The Hall–Kier alpha value is -1.26. The number of amides is 2. The number of nitrogens with one attached hydrogen (secondary N) is 1. The maximum Gasteiger partial charge on any atom is 0.329 e. The van der Waals surface area contributed by atoms with Crippen LogP contribution in [0.15, 0.2) is 0 Å². The van der Waals surface area contributed by atoms with Crippen molar-refractivity contribution in [3.8, 4) is 0 Å². The van der Waals surface area contributed by atoms with E-state index in [9.17, 15) is 14.7 Å². The van der Waals surface area contributed by atoms with Crippen molar-refractivity contribution in [3.05, 3.63) is 0 Å². The maximum absolute atomic E-state index is 12.6.